The van der Waals surface area contributed by atoms with Crippen molar-refractivity contribution < 1.29 is 14.7 Å². The van der Waals surface area contributed by atoms with Gasteiger partial charge in [-0.15, -0.1) is 0 Å². The molecule has 1 fully saturated rings. The molecule has 1 saturated heterocycles. The van der Waals surface area contributed by atoms with E-state index in [1.165, 1.54) is 4.90 Å². The summed E-state index contributed by atoms with van der Waals surface area (Å²) in [5, 5.41) is 11.1. The second-order valence-corrected chi connectivity index (χ2v) is 8.29. The highest BCUT2D eigenvalue weighted by atomic mass is 79.9. The Kier molecular flexibility index (Phi) is 5.31. The van der Waals surface area contributed by atoms with Gasteiger partial charge in [0.1, 0.15) is 5.76 Å². The number of halogens is 1. The quantitative estimate of drug-likeness (QED) is 0.309. The summed E-state index contributed by atoms with van der Waals surface area (Å²) in [5.41, 5.74) is 3.92. The molecule has 0 bridgehead atoms. The first-order valence-electron chi connectivity index (χ1n) is 9.57. The maximum atomic E-state index is 13.1. The number of aliphatic hydroxyl groups is 1. The van der Waals surface area contributed by atoms with Gasteiger partial charge >= 0.3 is 0 Å². The molecule has 1 atom stereocenters. The predicted octanol–water partition coefficient (Wildman–Crippen LogP) is 5.69. The highest BCUT2D eigenvalue weighted by Crippen LogP contribution is 2.43. The molecule has 1 amide bonds. The summed E-state index contributed by atoms with van der Waals surface area (Å²) in [5.74, 6) is -1.51. The summed E-state index contributed by atoms with van der Waals surface area (Å²) in [7, 11) is 0. The maximum Gasteiger partial charge on any atom is 0.300 e. The normalized spacial score (nSPS) is 18.1. The van der Waals surface area contributed by atoms with Gasteiger partial charge in [0.15, 0.2) is 0 Å². The summed E-state index contributed by atoms with van der Waals surface area (Å²) >= 11 is 3.38. The molecule has 4 rings (SSSR count). The Morgan fingerprint density at radius 2 is 1.63 bits per heavy atom. The van der Waals surface area contributed by atoms with Crippen molar-refractivity contribution in [3.05, 3.63) is 105 Å². The van der Waals surface area contributed by atoms with Crippen LogP contribution in [0.3, 0.4) is 0 Å². The van der Waals surface area contributed by atoms with Crippen molar-refractivity contribution in [3.63, 3.8) is 0 Å². The molecule has 0 saturated carbocycles. The highest BCUT2D eigenvalue weighted by Gasteiger charge is 2.47. The van der Waals surface area contributed by atoms with Crippen LogP contribution in [0.15, 0.2) is 82.8 Å². The van der Waals surface area contributed by atoms with Gasteiger partial charge in [-0.05, 0) is 54.8 Å². The first kappa shape index (κ1) is 20.1. The monoisotopic (exact) mass is 461 g/mol. The van der Waals surface area contributed by atoms with E-state index in [0.717, 1.165) is 21.2 Å². The largest absolute Gasteiger partial charge is 0.507 e. The van der Waals surface area contributed by atoms with E-state index in [1.54, 1.807) is 24.3 Å². The van der Waals surface area contributed by atoms with E-state index in [2.05, 4.69) is 15.9 Å². The molecule has 1 aliphatic heterocycles. The molecule has 30 heavy (non-hydrogen) atoms. The summed E-state index contributed by atoms with van der Waals surface area (Å²) in [6.45, 7) is 3.87. The van der Waals surface area contributed by atoms with Crippen molar-refractivity contribution in [1.82, 2.24) is 0 Å². The SMILES string of the molecule is Cc1cccc(N2C(=O)C(=O)/C(=C(/O)c3ccc(Br)cc3)C2c2ccccc2C)c1. The van der Waals surface area contributed by atoms with E-state index in [4.69, 9.17) is 0 Å². The number of aliphatic hydroxyl groups excluding tert-OH is 1. The molecule has 1 N–H and O–H groups in total. The molecule has 0 aromatic heterocycles. The van der Waals surface area contributed by atoms with Crippen molar-refractivity contribution in [2.45, 2.75) is 19.9 Å². The topological polar surface area (TPSA) is 57.6 Å². The third-order valence-electron chi connectivity index (χ3n) is 5.32. The lowest BCUT2D eigenvalue weighted by molar-refractivity contribution is -0.132. The van der Waals surface area contributed by atoms with Crippen LogP contribution in [0.1, 0.15) is 28.3 Å². The van der Waals surface area contributed by atoms with Crippen LogP contribution < -0.4 is 4.90 Å². The first-order valence-corrected chi connectivity index (χ1v) is 10.4. The number of hydrogen-bond acceptors (Lipinski definition) is 3. The molecular formula is C25H20BrNO3. The summed E-state index contributed by atoms with van der Waals surface area (Å²) in [6.07, 6.45) is 0. The van der Waals surface area contributed by atoms with Crippen LogP contribution in [0.2, 0.25) is 0 Å². The minimum Gasteiger partial charge on any atom is -0.507 e. The Bertz CT molecular complexity index is 1180. The van der Waals surface area contributed by atoms with E-state index < -0.39 is 17.7 Å². The minimum absolute atomic E-state index is 0.0955. The van der Waals surface area contributed by atoms with Gasteiger partial charge in [0, 0.05) is 15.7 Å². The molecule has 0 spiro atoms. The summed E-state index contributed by atoms with van der Waals surface area (Å²) < 4.78 is 0.856. The molecular weight excluding hydrogens is 442 g/mol. The molecule has 3 aromatic rings. The van der Waals surface area contributed by atoms with E-state index in [0.29, 0.717) is 11.3 Å². The zero-order valence-corrected chi connectivity index (χ0v) is 18.2. The molecule has 0 aliphatic carbocycles. The van der Waals surface area contributed by atoms with Gasteiger partial charge in [-0.1, -0.05) is 64.5 Å². The van der Waals surface area contributed by atoms with Crippen LogP contribution in [-0.4, -0.2) is 16.8 Å². The lowest BCUT2D eigenvalue weighted by Gasteiger charge is -2.27. The van der Waals surface area contributed by atoms with Crippen LogP contribution in [0.25, 0.3) is 5.76 Å². The molecule has 5 heteroatoms. The standard InChI is InChI=1S/C25H20BrNO3/c1-15-6-5-8-19(14-15)27-22(20-9-4-3-7-16(20)2)21(24(29)25(27)30)23(28)17-10-12-18(26)13-11-17/h3-14,22,28H,1-2H3/b23-21+. The molecule has 3 aromatic carbocycles. The van der Waals surface area contributed by atoms with Gasteiger partial charge in [0.05, 0.1) is 11.6 Å². The number of aryl methyl sites for hydroxylation is 2. The number of benzene rings is 3. The zero-order valence-electron chi connectivity index (χ0n) is 16.6. The molecule has 1 unspecified atom stereocenters. The van der Waals surface area contributed by atoms with Crippen LogP contribution >= 0.6 is 15.9 Å². The molecule has 150 valence electrons. The minimum atomic E-state index is -0.711. The van der Waals surface area contributed by atoms with E-state index in [9.17, 15) is 14.7 Å². The Morgan fingerprint density at radius 3 is 2.30 bits per heavy atom. The molecule has 1 heterocycles. The zero-order chi connectivity index (χ0) is 21.4. The lowest BCUT2D eigenvalue weighted by Crippen LogP contribution is -2.29. The van der Waals surface area contributed by atoms with E-state index in [1.807, 2.05) is 62.4 Å². The maximum absolute atomic E-state index is 13.1. The Morgan fingerprint density at radius 1 is 0.933 bits per heavy atom. The molecule has 0 radical (unpaired) electrons. The van der Waals surface area contributed by atoms with Crippen molar-refractivity contribution in [3.8, 4) is 0 Å². The summed E-state index contributed by atoms with van der Waals surface area (Å²) in [4.78, 5) is 27.8. The van der Waals surface area contributed by atoms with Crippen molar-refractivity contribution in [2.24, 2.45) is 0 Å². The third kappa shape index (κ3) is 3.46. The van der Waals surface area contributed by atoms with E-state index in [-0.39, 0.29) is 11.3 Å². The number of carbonyl (C=O) groups is 2. The van der Waals surface area contributed by atoms with Crippen molar-refractivity contribution in [2.75, 3.05) is 4.90 Å². The number of rotatable bonds is 3. The molecule has 1 aliphatic rings. The average molecular weight is 462 g/mol. The van der Waals surface area contributed by atoms with E-state index >= 15 is 0 Å². The van der Waals surface area contributed by atoms with Crippen LogP contribution in [0.5, 0.6) is 0 Å². The number of nitrogens with zero attached hydrogens (tertiary/aromatic N) is 1. The first-order chi connectivity index (χ1) is 14.4. The lowest BCUT2D eigenvalue weighted by atomic mass is 9.92. The second kappa shape index (κ2) is 7.92. The fraction of sp³-hybridized carbons (Fsp3) is 0.120. The van der Waals surface area contributed by atoms with Gasteiger partial charge < -0.3 is 5.11 Å². The Balaban J connectivity index is 1.98. The highest BCUT2D eigenvalue weighted by molar-refractivity contribution is 9.10. The summed E-state index contributed by atoms with van der Waals surface area (Å²) in [6, 6.07) is 21.4. The second-order valence-electron chi connectivity index (χ2n) is 7.37. The smallest absolute Gasteiger partial charge is 0.300 e. The fourth-order valence-electron chi connectivity index (χ4n) is 3.83. The van der Waals surface area contributed by atoms with Crippen LogP contribution in [-0.2, 0) is 9.59 Å². The number of Topliss-reactive ketones (excluding diaryl/α,β-unsaturated/α-hetero) is 1. The van der Waals surface area contributed by atoms with Crippen LogP contribution in [0.4, 0.5) is 5.69 Å². The van der Waals surface area contributed by atoms with Gasteiger partial charge in [0.25, 0.3) is 11.7 Å². The van der Waals surface area contributed by atoms with Gasteiger partial charge in [0.2, 0.25) is 0 Å². The number of ketones is 1. The van der Waals surface area contributed by atoms with Crippen molar-refractivity contribution >= 4 is 39.1 Å². The van der Waals surface area contributed by atoms with Gasteiger partial charge in [-0.25, -0.2) is 0 Å². The predicted molar refractivity (Wildman–Crippen MR) is 121 cm³/mol. The Labute approximate surface area is 183 Å². The van der Waals surface area contributed by atoms with Crippen molar-refractivity contribution in [1.29, 1.82) is 0 Å². The van der Waals surface area contributed by atoms with Gasteiger partial charge in [-0.2, -0.15) is 0 Å². The molecule has 4 nitrogen and oxygen atoms in total. The third-order valence-corrected chi connectivity index (χ3v) is 5.85. The van der Waals surface area contributed by atoms with Gasteiger partial charge in [-0.3, -0.25) is 14.5 Å². The Hall–Kier alpha value is -3.18. The fourth-order valence-corrected chi connectivity index (χ4v) is 4.09. The number of carbonyl (C=O) groups excluding carboxylic acids is 2. The number of anilines is 1. The number of amides is 1. The number of hydrogen-bond donors (Lipinski definition) is 1. The van der Waals surface area contributed by atoms with Crippen LogP contribution in [0, 0.1) is 13.8 Å². The average Bonchev–Trinajstić information content (AvgIpc) is 2.99.